The smallest absolute Gasteiger partial charge is 0.137 e. The summed E-state index contributed by atoms with van der Waals surface area (Å²) in [4.78, 5) is 7.29. The maximum atomic E-state index is 5.77. The lowest BCUT2D eigenvalue weighted by molar-refractivity contribution is 0.782. The maximum Gasteiger partial charge on any atom is 0.137 e. The Morgan fingerprint density at radius 2 is 1.89 bits per heavy atom. The number of hydrogen-bond acceptors (Lipinski definition) is 3. The molecule has 0 saturated heterocycles. The van der Waals surface area contributed by atoms with E-state index in [1.54, 1.807) is 10.9 Å². The summed E-state index contributed by atoms with van der Waals surface area (Å²) in [5.74, 6) is 1.52. The number of aromatic amines is 1. The maximum absolute atomic E-state index is 5.77. The van der Waals surface area contributed by atoms with E-state index in [1.165, 1.54) is 0 Å². The third-order valence-electron chi connectivity index (χ3n) is 2.87. The summed E-state index contributed by atoms with van der Waals surface area (Å²) in [6.07, 6.45) is 3.55. The first-order valence-electron chi connectivity index (χ1n) is 5.64. The first-order valence-corrected chi connectivity index (χ1v) is 5.64. The van der Waals surface area contributed by atoms with Crippen molar-refractivity contribution in [2.75, 3.05) is 5.73 Å². The summed E-state index contributed by atoms with van der Waals surface area (Å²) in [6, 6.07) is 9.92. The monoisotopic (exact) mass is 239 g/mol. The van der Waals surface area contributed by atoms with Crippen molar-refractivity contribution < 1.29 is 0 Å². The lowest BCUT2D eigenvalue weighted by Crippen LogP contribution is -1.96. The first-order chi connectivity index (χ1) is 8.74. The molecule has 0 aliphatic carbocycles. The van der Waals surface area contributed by atoms with Crippen molar-refractivity contribution in [2.45, 2.75) is 0 Å². The number of H-pyrrole nitrogens is 1. The number of nitrogens with two attached hydrogens (primary N) is 1. The van der Waals surface area contributed by atoms with Crippen molar-refractivity contribution in [1.82, 2.24) is 19.7 Å². The molecule has 0 bridgehead atoms. The number of benzene rings is 1. The Morgan fingerprint density at radius 1 is 1.17 bits per heavy atom. The largest absolute Gasteiger partial charge is 0.384 e. The standard InChI is InChI=1S/C13H13N5/c1-18-12(14)8-11(17-18)9-2-4-10(5-3-9)13-15-6-7-16-13/h2-8H,14H2,1H3,(H,15,16). The van der Waals surface area contributed by atoms with E-state index >= 15 is 0 Å². The highest BCUT2D eigenvalue weighted by Crippen LogP contribution is 2.23. The highest BCUT2D eigenvalue weighted by Gasteiger charge is 2.05. The zero-order valence-corrected chi connectivity index (χ0v) is 9.96. The van der Waals surface area contributed by atoms with Crippen LogP contribution >= 0.6 is 0 Å². The fourth-order valence-electron chi connectivity index (χ4n) is 1.84. The van der Waals surface area contributed by atoms with E-state index in [2.05, 4.69) is 15.1 Å². The number of hydrogen-bond donors (Lipinski definition) is 2. The number of imidazole rings is 1. The van der Waals surface area contributed by atoms with Gasteiger partial charge in [0.25, 0.3) is 0 Å². The average molecular weight is 239 g/mol. The van der Waals surface area contributed by atoms with E-state index in [4.69, 9.17) is 5.73 Å². The number of aromatic nitrogens is 4. The Hall–Kier alpha value is -2.56. The van der Waals surface area contributed by atoms with Crippen molar-refractivity contribution in [2.24, 2.45) is 7.05 Å². The topological polar surface area (TPSA) is 72.5 Å². The van der Waals surface area contributed by atoms with Gasteiger partial charge in [0.1, 0.15) is 11.6 Å². The molecule has 1 aromatic carbocycles. The second kappa shape index (κ2) is 4.03. The molecule has 0 amide bonds. The van der Waals surface area contributed by atoms with Crippen LogP contribution in [-0.2, 0) is 7.05 Å². The number of rotatable bonds is 2. The van der Waals surface area contributed by atoms with Crippen LogP contribution in [0.25, 0.3) is 22.6 Å². The van der Waals surface area contributed by atoms with Gasteiger partial charge in [-0.1, -0.05) is 24.3 Å². The van der Waals surface area contributed by atoms with Gasteiger partial charge in [0.05, 0.1) is 5.69 Å². The minimum atomic E-state index is 0.653. The SMILES string of the molecule is Cn1nc(-c2ccc(-c3ncc[nH]3)cc2)cc1N. The summed E-state index contributed by atoms with van der Waals surface area (Å²) < 4.78 is 1.66. The summed E-state index contributed by atoms with van der Waals surface area (Å²) >= 11 is 0. The van der Waals surface area contributed by atoms with Gasteiger partial charge in [0, 0.05) is 36.6 Å². The van der Waals surface area contributed by atoms with Gasteiger partial charge >= 0.3 is 0 Å². The summed E-state index contributed by atoms with van der Waals surface area (Å²) in [6.45, 7) is 0. The van der Waals surface area contributed by atoms with Crippen LogP contribution in [0.1, 0.15) is 0 Å². The number of nitrogen functional groups attached to an aromatic ring is 1. The van der Waals surface area contributed by atoms with E-state index in [0.717, 1.165) is 22.6 Å². The Bertz CT molecular complexity index is 630. The molecule has 0 unspecified atom stereocenters. The van der Waals surface area contributed by atoms with Gasteiger partial charge in [0.2, 0.25) is 0 Å². The highest BCUT2D eigenvalue weighted by molar-refractivity contribution is 5.66. The molecular weight excluding hydrogens is 226 g/mol. The molecule has 0 atom stereocenters. The number of aryl methyl sites for hydroxylation is 1. The molecule has 0 aliphatic rings. The van der Waals surface area contributed by atoms with Gasteiger partial charge in [0.15, 0.2) is 0 Å². The molecule has 0 saturated carbocycles. The van der Waals surface area contributed by atoms with Crippen molar-refractivity contribution >= 4 is 5.82 Å². The molecule has 0 aliphatic heterocycles. The van der Waals surface area contributed by atoms with Crippen LogP contribution in [0.5, 0.6) is 0 Å². The first kappa shape index (κ1) is 10.6. The van der Waals surface area contributed by atoms with E-state index < -0.39 is 0 Å². The van der Waals surface area contributed by atoms with Crippen LogP contribution in [0.2, 0.25) is 0 Å². The summed E-state index contributed by atoms with van der Waals surface area (Å²) in [5.41, 5.74) is 8.73. The zero-order chi connectivity index (χ0) is 12.5. The Morgan fingerprint density at radius 3 is 2.44 bits per heavy atom. The molecule has 0 spiro atoms. The molecule has 0 radical (unpaired) electrons. The normalized spacial score (nSPS) is 10.7. The lowest BCUT2D eigenvalue weighted by atomic mass is 10.1. The quantitative estimate of drug-likeness (QED) is 0.719. The fourth-order valence-corrected chi connectivity index (χ4v) is 1.84. The fraction of sp³-hybridized carbons (Fsp3) is 0.0769. The summed E-state index contributed by atoms with van der Waals surface area (Å²) in [5, 5.41) is 4.34. The molecular formula is C13H13N5. The second-order valence-corrected chi connectivity index (χ2v) is 4.09. The Labute approximate surface area is 104 Å². The minimum Gasteiger partial charge on any atom is -0.384 e. The van der Waals surface area contributed by atoms with Crippen molar-refractivity contribution in [3.8, 4) is 22.6 Å². The van der Waals surface area contributed by atoms with Crippen molar-refractivity contribution in [1.29, 1.82) is 0 Å². The molecule has 90 valence electrons. The lowest BCUT2D eigenvalue weighted by Gasteiger charge is -1.99. The molecule has 2 aromatic heterocycles. The van der Waals surface area contributed by atoms with Crippen molar-refractivity contribution in [3.05, 3.63) is 42.7 Å². The van der Waals surface area contributed by atoms with E-state index in [0.29, 0.717) is 5.82 Å². The van der Waals surface area contributed by atoms with E-state index in [9.17, 15) is 0 Å². The number of anilines is 1. The van der Waals surface area contributed by atoms with Gasteiger partial charge in [-0.15, -0.1) is 0 Å². The molecule has 3 aromatic rings. The molecule has 5 nitrogen and oxygen atoms in total. The van der Waals surface area contributed by atoms with E-state index in [-0.39, 0.29) is 0 Å². The minimum absolute atomic E-state index is 0.653. The van der Waals surface area contributed by atoms with Gasteiger partial charge in [-0.25, -0.2) is 4.98 Å². The second-order valence-electron chi connectivity index (χ2n) is 4.09. The molecule has 3 N–H and O–H groups in total. The highest BCUT2D eigenvalue weighted by atomic mass is 15.3. The van der Waals surface area contributed by atoms with Crippen LogP contribution in [0.15, 0.2) is 42.7 Å². The van der Waals surface area contributed by atoms with Crippen LogP contribution in [-0.4, -0.2) is 19.7 Å². The molecule has 5 heteroatoms. The Kier molecular flexibility index (Phi) is 2.37. The zero-order valence-electron chi connectivity index (χ0n) is 9.96. The molecule has 18 heavy (non-hydrogen) atoms. The van der Waals surface area contributed by atoms with Crippen LogP contribution in [0.3, 0.4) is 0 Å². The van der Waals surface area contributed by atoms with Gasteiger partial charge in [-0.3, -0.25) is 4.68 Å². The van der Waals surface area contributed by atoms with Gasteiger partial charge in [-0.2, -0.15) is 5.10 Å². The average Bonchev–Trinajstić information content (AvgIpc) is 3.01. The van der Waals surface area contributed by atoms with Crippen LogP contribution in [0.4, 0.5) is 5.82 Å². The van der Waals surface area contributed by atoms with Gasteiger partial charge < -0.3 is 10.7 Å². The molecule has 2 heterocycles. The number of nitrogens with zero attached hydrogens (tertiary/aromatic N) is 3. The number of nitrogens with one attached hydrogen (secondary N) is 1. The third kappa shape index (κ3) is 1.75. The Balaban J connectivity index is 1.96. The molecule has 3 rings (SSSR count). The van der Waals surface area contributed by atoms with Gasteiger partial charge in [-0.05, 0) is 0 Å². The molecule has 0 fully saturated rings. The van der Waals surface area contributed by atoms with E-state index in [1.807, 2.05) is 43.6 Å². The van der Waals surface area contributed by atoms with Crippen LogP contribution < -0.4 is 5.73 Å². The predicted molar refractivity (Wildman–Crippen MR) is 70.6 cm³/mol. The third-order valence-corrected chi connectivity index (χ3v) is 2.87. The van der Waals surface area contributed by atoms with Crippen LogP contribution in [0, 0.1) is 0 Å². The van der Waals surface area contributed by atoms with Crippen molar-refractivity contribution in [3.63, 3.8) is 0 Å². The summed E-state index contributed by atoms with van der Waals surface area (Å²) in [7, 11) is 1.83. The predicted octanol–water partition coefficient (Wildman–Crippen LogP) is 2.06.